The molecule has 1 N–H and O–H groups in total. The molecule has 2 fully saturated rings. The van der Waals surface area contributed by atoms with Gasteiger partial charge in [0.15, 0.2) is 17.3 Å². The number of nitro groups is 1. The highest BCUT2D eigenvalue weighted by Crippen LogP contribution is 2.39. The highest BCUT2D eigenvalue weighted by atomic mass is 19.2. The van der Waals surface area contributed by atoms with Crippen LogP contribution in [0.4, 0.5) is 25.0 Å². The van der Waals surface area contributed by atoms with Crippen molar-refractivity contribution < 1.29 is 23.2 Å². The topological polar surface area (TPSA) is 84.7 Å². The van der Waals surface area contributed by atoms with Crippen LogP contribution in [0.1, 0.15) is 46.5 Å². The molecule has 148 valence electrons. The van der Waals surface area contributed by atoms with Crippen molar-refractivity contribution in [3.63, 3.8) is 0 Å². The van der Waals surface area contributed by atoms with E-state index in [1.165, 1.54) is 0 Å². The smallest absolute Gasteiger partial charge is 0.410 e. The molecule has 2 atom stereocenters. The maximum atomic E-state index is 14.2. The number of ether oxygens (including phenoxy) is 1. The number of halogens is 2. The van der Waals surface area contributed by atoms with Crippen LogP contribution in [0.15, 0.2) is 12.1 Å². The van der Waals surface area contributed by atoms with Gasteiger partial charge in [-0.25, -0.2) is 13.6 Å². The first-order valence-corrected chi connectivity index (χ1v) is 8.97. The molecular weight excluding hydrogens is 360 g/mol. The van der Waals surface area contributed by atoms with Gasteiger partial charge in [-0.3, -0.25) is 10.1 Å². The molecule has 2 bridgehead atoms. The van der Waals surface area contributed by atoms with Crippen molar-refractivity contribution in [2.24, 2.45) is 0 Å². The minimum absolute atomic E-state index is 0.0909. The molecule has 0 saturated carbocycles. The molecule has 2 aliphatic rings. The van der Waals surface area contributed by atoms with Crippen molar-refractivity contribution in [3.8, 4) is 0 Å². The minimum atomic E-state index is -1.26. The van der Waals surface area contributed by atoms with Crippen molar-refractivity contribution >= 4 is 17.5 Å². The Morgan fingerprint density at radius 3 is 2.37 bits per heavy atom. The van der Waals surface area contributed by atoms with E-state index in [0.717, 1.165) is 25.0 Å². The van der Waals surface area contributed by atoms with Crippen LogP contribution < -0.4 is 5.32 Å². The molecule has 2 unspecified atom stereocenters. The van der Waals surface area contributed by atoms with Crippen LogP contribution in [0.25, 0.3) is 0 Å². The van der Waals surface area contributed by atoms with Gasteiger partial charge in [0.25, 0.3) is 5.69 Å². The first kappa shape index (κ1) is 19.3. The monoisotopic (exact) mass is 383 g/mol. The fraction of sp³-hybridized carbons (Fsp3) is 0.611. The summed E-state index contributed by atoms with van der Waals surface area (Å²) in [5.41, 5.74) is -1.54. The molecule has 0 spiro atoms. The third kappa shape index (κ3) is 3.96. The Labute approximate surface area is 155 Å². The quantitative estimate of drug-likeness (QED) is 0.624. The molecule has 1 amide bonds. The average Bonchev–Trinajstić information content (AvgIpc) is 2.81. The second kappa shape index (κ2) is 6.94. The number of anilines is 1. The Kier molecular flexibility index (Phi) is 4.96. The molecule has 0 aromatic heterocycles. The number of amides is 1. The van der Waals surface area contributed by atoms with Crippen LogP contribution in [-0.4, -0.2) is 39.6 Å². The number of carbonyl (C=O) groups excluding carboxylic acids is 1. The van der Waals surface area contributed by atoms with Gasteiger partial charge < -0.3 is 15.0 Å². The van der Waals surface area contributed by atoms with E-state index in [2.05, 4.69) is 5.32 Å². The van der Waals surface area contributed by atoms with Gasteiger partial charge in [-0.15, -0.1) is 0 Å². The van der Waals surface area contributed by atoms with Crippen LogP contribution >= 0.6 is 0 Å². The Hall–Kier alpha value is -2.45. The number of hydrogen-bond donors (Lipinski definition) is 1. The Morgan fingerprint density at radius 1 is 1.26 bits per heavy atom. The molecule has 2 saturated heterocycles. The molecule has 2 heterocycles. The van der Waals surface area contributed by atoms with Crippen molar-refractivity contribution in [2.75, 3.05) is 5.32 Å². The van der Waals surface area contributed by atoms with E-state index < -0.39 is 33.5 Å². The summed E-state index contributed by atoms with van der Waals surface area (Å²) in [6, 6.07) is 1.22. The zero-order chi connectivity index (χ0) is 19.9. The summed E-state index contributed by atoms with van der Waals surface area (Å²) in [7, 11) is 0. The number of hydrogen-bond acceptors (Lipinski definition) is 5. The first-order chi connectivity index (χ1) is 12.6. The molecule has 0 aliphatic carbocycles. The lowest BCUT2D eigenvalue weighted by Gasteiger charge is -2.39. The molecule has 0 radical (unpaired) electrons. The zero-order valence-corrected chi connectivity index (χ0v) is 15.5. The molecule has 2 aliphatic heterocycles. The maximum Gasteiger partial charge on any atom is 0.410 e. The van der Waals surface area contributed by atoms with E-state index in [1.807, 2.05) is 0 Å². The van der Waals surface area contributed by atoms with E-state index in [4.69, 9.17) is 4.74 Å². The fourth-order valence-corrected chi connectivity index (χ4v) is 3.94. The van der Waals surface area contributed by atoms with Crippen LogP contribution in [0, 0.1) is 21.7 Å². The second-order valence-corrected chi connectivity index (χ2v) is 8.10. The molecular formula is C18H23F2N3O4. The van der Waals surface area contributed by atoms with Gasteiger partial charge in [0.05, 0.1) is 4.92 Å². The minimum Gasteiger partial charge on any atom is -0.444 e. The van der Waals surface area contributed by atoms with Gasteiger partial charge in [0, 0.05) is 24.2 Å². The molecule has 9 heteroatoms. The Morgan fingerprint density at radius 2 is 1.85 bits per heavy atom. The van der Waals surface area contributed by atoms with Gasteiger partial charge >= 0.3 is 6.09 Å². The van der Waals surface area contributed by atoms with E-state index in [9.17, 15) is 23.7 Å². The predicted octanol–water partition coefficient (Wildman–Crippen LogP) is 4.22. The van der Waals surface area contributed by atoms with Gasteiger partial charge in [-0.1, -0.05) is 0 Å². The Bertz CT molecular complexity index is 752. The standard InChI is InChI=1S/C18H23F2N3O4/c1-18(2,3)27-17(24)22-11-4-5-12(22)9-10(8-11)21-16-14(23(25)26)7-6-13(19)15(16)20/h6-7,10-12,21H,4-5,8-9H2,1-3H3. The molecule has 7 nitrogen and oxygen atoms in total. The van der Waals surface area contributed by atoms with Crippen LogP contribution in [0.2, 0.25) is 0 Å². The lowest BCUT2D eigenvalue weighted by atomic mass is 9.97. The predicted molar refractivity (Wildman–Crippen MR) is 94.5 cm³/mol. The van der Waals surface area contributed by atoms with E-state index >= 15 is 0 Å². The van der Waals surface area contributed by atoms with Gasteiger partial charge in [-0.05, 0) is 52.5 Å². The number of fused-ring (bicyclic) bond motifs is 2. The average molecular weight is 383 g/mol. The van der Waals surface area contributed by atoms with Gasteiger partial charge in [-0.2, -0.15) is 0 Å². The number of benzene rings is 1. The summed E-state index contributed by atoms with van der Waals surface area (Å²) in [4.78, 5) is 24.6. The summed E-state index contributed by atoms with van der Waals surface area (Å²) >= 11 is 0. The molecule has 27 heavy (non-hydrogen) atoms. The molecule has 1 aromatic carbocycles. The summed E-state index contributed by atoms with van der Waals surface area (Å²) in [5, 5.41) is 14.0. The van der Waals surface area contributed by atoms with Crippen LogP contribution in [-0.2, 0) is 4.74 Å². The van der Waals surface area contributed by atoms with E-state index in [0.29, 0.717) is 12.8 Å². The van der Waals surface area contributed by atoms with Crippen molar-refractivity contribution in [1.29, 1.82) is 0 Å². The number of rotatable bonds is 3. The number of nitrogens with zero attached hydrogens (tertiary/aromatic N) is 2. The van der Waals surface area contributed by atoms with Gasteiger partial charge in [0.1, 0.15) is 5.60 Å². The SMILES string of the molecule is CC(C)(C)OC(=O)N1C2CCC1CC(Nc1c([N+](=O)[O-])ccc(F)c1F)C2. The summed E-state index contributed by atoms with van der Waals surface area (Å²) in [6.07, 6.45) is 2.17. The highest BCUT2D eigenvalue weighted by Gasteiger charge is 2.45. The first-order valence-electron chi connectivity index (χ1n) is 8.97. The number of piperidine rings is 1. The highest BCUT2D eigenvalue weighted by molar-refractivity contribution is 5.70. The second-order valence-electron chi connectivity index (χ2n) is 8.10. The molecule has 3 rings (SSSR count). The van der Waals surface area contributed by atoms with Crippen molar-refractivity contribution in [2.45, 2.75) is 70.2 Å². The van der Waals surface area contributed by atoms with Crippen molar-refractivity contribution in [3.05, 3.63) is 33.9 Å². The lowest BCUT2D eigenvalue weighted by Crippen LogP contribution is -2.51. The zero-order valence-electron chi connectivity index (χ0n) is 15.5. The van der Waals surface area contributed by atoms with Crippen LogP contribution in [0.5, 0.6) is 0 Å². The van der Waals surface area contributed by atoms with Crippen molar-refractivity contribution in [1.82, 2.24) is 4.90 Å². The third-order valence-electron chi connectivity index (χ3n) is 4.96. The maximum absolute atomic E-state index is 14.2. The van der Waals surface area contributed by atoms with E-state index in [-0.39, 0.29) is 24.2 Å². The number of carbonyl (C=O) groups is 1. The third-order valence-corrected chi connectivity index (χ3v) is 4.96. The number of nitro benzene ring substituents is 1. The largest absolute Gasteiger partial charge is 0.444 e. The van der Waals surface area contributed by atoms with Gasteiger partial charge in [0.2, 0.25) is 0 Å². The fourth-order valence-electron chi connectivity index (χ4n) is 3.94. The van der Waals surface area contributed by atoms with Crippen LogP contribution in [0.3, 0.4) is 0 Å². The number of nitrogens with one attached hydrogen (secondary N) is 1. The lowest BCUT2D eigenvalue weighted by molar-refractivity contribution is -0.384. The summed E-state index contributed by atoms with van der Waals surface area (Å²) in [6.45, 7) is 5.40. The normalized spacial score (nSPS) is 24.6. The Balaban J connectivity index is 1.76. The summed E-state index contributed by atoms with van der Waals surface area (Å²) in [5.74, 6) is -2.40. The summed E-state index contributed by atoms with van der Waals surface area (Å²) < 4.78 is 33.2. The molecule has 1 aromatic rings. The van der Waals surface area contributed by atoms with E-state index in [1.54, 1.807) is 25.7 Å².